The molecule has 0 radical (unpaired) electrons. The van der Waals surface area contributed by atoms with Crippen LogP contribution in [0.1, 0.15) is 44.9 Å². The molecular weight excluding hydrogens is 445 g/mol. The van der Waals surface area contributed by atoms with E-state index in [1.165, 1.54) is 25.6 Å². The van der Waals surface area contributed by atoms with Gasteiger partial charge in [-0.05, 0) is 18.8 Å². The second-order valence-corrected chi connectivity index (χ2v) is 10.1. The lowest BCUT2D eigenvalue weighted by molar-refractivity contribution is -0.119. The lowest BCUT2D eigenvalue weighted by Gasteiger charge is -2.36. The molecule has 1 saturated heterocycles. The van der Waals surface area contributed by atoms with E-state index in [4.69, 9.17) is 20.3 Å². The fourth-order valence-electron chi connectivity index (χ4n) is 4.72. The second-order valence-electron chi connectivity index (χ2n) is 8.31. The van der Waals surface area contributed by atoms with Gasteiger partial charge in [-0.25, -0.2) is 19.5 Å². The maximum absolute atomic E-state index is 11.2. The van der Waals surface area contributed by atoms with Crippen molar-refractivity contribution in [3.05, 3.63) is 12.7 Å². The highest BCUT2D eigenvalue weighted by Gasteiger charge is 2.55. The molecule has 0 spiro atoms. The van der Waals surface area contributed by atoms with Crippen molar-refractivity contribution in [1.82, 2.24) is 19.5 Å². The fraction of sp³-hybridized carbons (Fsp3) is 0.722. The van der Waals surface area contributed by atoms with Crippen LogP contribution in [-0.2, 0) is 19.6 Å². The molecular formula is C18H28N5O6PS. The van der Waals surface area contributed by atoms with Crippen LogP contribution in [0.5, 0.6) is 0 Å². The highest BCUT2D eigenvalue weighted by Crippen LogP contribution is 2.47. The van der Waals surface area contributed by atoms with E-state index in [-0.39, 0.29) is 5.82 Å². The number of phosphoric acid groups is 1. The normalized spacial score (nSPS) is 30.3. The van der Waals surface area contributed by atoms with Gasteiger partial charge in [0, 0.05) is 0 Å². The van der Waals surface area contributed by atoms with Gasteiger partial charge < -0.3 is 25.4 Å². The molecule has 1 aliphatic heterocycles. The molecule has 4 rings (SSSR count). The highest BCUT2D eigenvalue weighted by atomic mass is 32.1. The van der Waals surface area contributed by atoms with E-state index in [9.17, 15) is 9.67 Å². The minimum absolute atomic E-state index is 0.224. The van der Waals surface area contributed by atoms with Crippen molar-refractivity contribution in [3.63, 3.8) is 0 Å². The minimum Gasteiger partial charge on any atom is -0.389 e. The molecule has 2 aromatic heterocycles. The first-order valence-corrected chi connectivity index (χ1v) is 12.4. The number of thiol groups is 1. The standard InChI is InChI=1S/C18H28N5O6PS/c19-16-13-17(21-9-20-16)23(10-22-13)18(7-6-11-4-2-1-3-5-11)15(31)14(24)12(29-18)8-28-30(25,26)27/h9-12,14-15,24,31H,1-8H2,(H2,19,20,21)(H2,25,26,27)/t12-,14-,15-,18-/m1/s1. The quantitative estimate of drug-likeness (QED) is 0.294. The van der Waals surface area contributed by atoms with Gasteiger partial charge in [-0.3, -0.25) is 9.09 Å². The molecule has 3 heterocycles. The van der Waals surface area contributed by atoms with Crippen molar-refractivity contribution in [3.8, 4) is 0 Å². The Morgan fingerprint density at radius 3 is 2.74 bits per heavy atom. The zero-order valence-corrected chi connectivity index (χ0v) is 18.7. The van der Waals surface area contributed by atoms with Gasteiger partial charge in [0.2, 0.25) is 0 Å². The van der Waals surface area contributed by atoms with Crippen molar-refractivity contribution in [1.29, 1.82) is 0 Å². The van der Waals surface area contributed by atoms with Crippen LogP contribution in [0.4, 0.5) is 5.82 Å². The summed E-state index contributed by atoms with van der Waals surface area (Å²) in [6, 6.07) is 0. The molecule has 1 saturated carbocycles. The molecule has 2 aromatic rings. The zero-order valence-electron chi connectivity index (χ0n) is 16.9. The van der Waals surface area contributed by atoms with Gasteiger partial charge in [0.1, 0.15) is 17.9 Å². The molecule has 1 aliphatic carbocycles. The SMILES string of the molecule is Nc1ncnc2c1ncn2[C@]1(CCC2CCCCC2)O[C@H](COP(=O)(O)O)[C@@H](O)[C@H]1S. The molecule has 0 bridgehead atoms. The van der Waals surface area contributed by atoms with Crippen LogP contribution < -0.4 is 5.73 Å². The summed E-state index contributed by atoms with van der Waals surface area (Å²) < 4.78 is 23.8. The van der Waals surface area contributed by atoms with Crippen molar-refractivity contribution in [2.45, 2.75) is 68.1 Å². The molecule has 2 aliphatic rings. The summed E-state index contributed by atoms with van der Waals surface area (Å²) in [6.45, 7) is -0.475. The van der Waals surface area contributed by atoms with Crippen LogP contribution in [0.2, 0.25) is 0 Å². The molecule has 13 heteroatoms. The van der Waals surface area contributed by atoms with E-state index in [0.717, 1.165) is 19.3 Å². The number of aliphatic hydroxyl groups excluding tert-OH is 1. The van der Waals surface area contributed by atoms with E-state index in [1.807, 2.05) is 0 Å². The topological polar surface area (TPSA) is 166 Å². The van der Waals surface area contributed by atoms with E-state index >= 15 is 0 Å². The number of ether oxygens (including phenoxy) is 1. The average Bonchev–Trinajstić information content (AvgIpc) is 3.28. The van der Waals surface area contributed by atoms with Gasteiger partial charge in [-0.1, -0.05) is 32.1 Å². The maximum atomic E-state index is 11.2. The molecule has 31 heavy (non-hydrogen) atoms. The van der Waals surface area contributed by atoms with Crippen LogP contribution in [0.3, 0.4) is 0 Å². The molecule has 0 aromatic carbocycles. The number of fused-ring (bicyclic) bond motifs is 1. The third-order valence-corrected chi connectivity index (χ3v) is 7.53. The van der Waals surface area contributed by atoms with Crippen LogP contribution in [0.15, 0.2) is 12.7 Å². The van der Waals surface area contributed by atoms with Gasteiger partial charge in [0.15, 0.2) is 17.2 Å². The Hall–Kier alpha value is -1.27. The maximum Gasteiger partial charge on any atom is 0.469 e. The van der Waals surface area contributed by atoms with Crippen LogP contribution >= 0.6 is 20.5 Å². The van der Waals surface area contributed by atoms with Crippen LogP contribution in [0, 0.1) is 5.92 Å². The van der Waals surface area contributed by atoms with Gasteiger partial charge in [-0.2, -0.15) is 12.6 Å². The smallest absolute Gasteiger partial charge is 0.389 e. The number of rotatable bonds is 7. The zero-order chi connectivity index (χ0) is 22.2. The third kappa shape index (κ3) is 4.61. The highest BCUT2D eigenvalue weighted by molar-refractivity contribution is 7.81. The summed E-state index contributed by atoms with van der Waals surface area (Å²) in [4.78, 5) is 30.8. The van der Waals surface area contributed by atoms with E-state index in [0.29, 0.717) is 23.5 Å². The Balaban J connectivity index is 1.68. The third-order valence-electron chi connectivity index (χ3n) is 6.33. The number of aromatic nitrogens is 4. The number of nitrogens with two attached hydrogens (primary N) is 1. The molecule has 0 unspecified atom stereocenters. The summed E-state index contributed by atoms with van der Waals surface area (Å²) in [5, 5.41) is 10.1. The number of hydrogen-bond donors (Lipinski definition) is 5. The first-order valence-electron chi connectivity index (χ1n) is 10.4. The second kappa shape index (κ2) is 8.93. The average molecular weight is 473 g/mol. The minimum atomic E-state index is -4.72. The van der Waals surface area contributed by atoms with Gasteiger partial charge in [0.25, 0.3) is 0 Å². The molecule has 172 valence electrons. The molecule has 4 atom stereocenters. The van der Waals surface area contributed by atoms with Gasteiger partial charge in [0.05, 0.1) is 24.3 Å². The Bertz CT molecular complexity index is 966. The van der Waals surface area contributed by atoms with E-state index < -0.39 is 37.6 Å². The number of nitrogen functional groups attached to an aromatic ring is 1. The van der Waals surface area contributed by atoms with Crippen LogP contribution in [0.25, 0.3) is 11.2 Å². The number of nitrogens with zero attached hydrogens (tertiary/aromatic N) is 4. The number of aliphatic hydroxyl groups is 1. The molecule has 2 fully saturated rings. The van der Waals surface area contributed by atoms with Crippen molar-refractivity contribution >= 4 is 37.4 Å². The first-order chi connectivity index (χ1) is 14.7. The lowest BCUT2D eigenvalue weighted by Crippen LogP contribution is -2.43. The number of imidazole rings is 1. The monoisotopic (exact) mass is 473 g/mol. The van der Waals surface area contributed by atoms with Gasteiger partial charge in [-0.15, -0.1) is 0 Å². The predicted octanol–water partition coefficient (Wildman–Crippen LogP) is 1.59. The fourth-order valence-corrected chi connectivity index (χ4v) is 5.57. The van der Waals surface area contributed by atoms with Crippen molar-refractivity contribution in [2.75, 3.05) is 12.3 Å². The summed E-state index contributed by atoms with van der Waals surface area (Å²) in [5.74, 6) is 0.758. The predicted molar refractivity (Wildman–Crippen MR) is 115 cm³/mol. The Labute approximate surface area is 185 Å². The first kappa shape index (κ1) is 22.9. The number of phosphoric ester groups is 1. The van der Waals surface area contributed by atoms with E-state index in [2.05, 4.69) is 32.1 Å². The Morgan fingerprint density at radius 2 is 2.03 bits per heavy atom. The van der Waals surface area contributed by atoms with Crippen molar-refractivity contribution < 1.29 is 28.7 Å². The summed E-state index contributed by atoms with van der Waals surface area (Å²) in [7, 11) is -4.72. The number of hydrogen-bond acceptors (Lipinski definition) is 9. The summed E-state index contributed by atoms with van der Waals surface area (Å²) in [5.41, 5.74) is 5.66. The summed E-state index contributed by atoms with van der Waals surface area (Å²) in [6.07, 6.45) is 8.04. The molecule has 11 nitrogen and oxygen atoms in total. The lowest BCUT2D eigenvalue weighted by atomic mass is 9.84. The molecule has 0 amide bonds. The van der Waals surface area contributed by atoms with Crippen LogP contribution in [-0.4, -0.2) is 58.5 Å². The Kier molecular flexibility index (Phi) is 6.60. The summed E-state index contributed by atoms with van der Waals surface area (Å²) >= 11 is 4.68. The molecule has 5 N–H and O–H groups in total. The van der Waals surface area contributed by atoms with Gasteiger partial charge >= 0.3 is 7.82 Å². The largest absolute Gasteiger partial charge is 0.469 e. The van der Waals surface area contributed by atoms with E-state index in [1.54, 1.807) is 10.9 Å². The number of anilines is 1. The Morgan fingerprint density at radius 1 is 1.29 bits per heavy atom. The van der Waals surface area contributed by atoms with Crippen molar-refractivity contribution in [2.24, 2.45) is 5.92 Å².